The van der Waals surface area contributed by atoms with Crippen LogP contribution >= 0.6 is 0 Å². The first-order valence-corrected chi connectivity index (χ1v) is 14.7. The third-order valence-corrected chi connectivity index (χ3v) is 11.3. The Labute approximate surface area is 204 Å². The molecule has 3 rings (SSSR count). The number of amides is 1. The maximum atomic E-state index is 11.6. The lowest BCUT2D eigenvalue weighted by Crippen LogP contribution is -2.45. The van der Waals surface area contributed by atoms with E-state index in [-0.39, 0.29) is 22.9 Å². The lowest BCUT2D eigenvalue weighted by Gasteiger charge is -2.40. The molecule has 6 nitrogen and oxygen atoms in total. The number of hydrogen-bond acceptors (Lipinski definition) is 4. The van der Waals surface area contributed by atoms with Gasteiger partial charge in [-0.15, -0.1) is 0 Å². The molecule has 2 atom stereocenters. The Kier molecular flexibility index (Phi) is 7.99. The zero-order valence-electron chi connectivity index (χ0n) is 21.1. The van der Waals surface area contributed by atoms with Gasteiger partial charge < -0.3 is 19.5 Å². The average Bonchev–Trinajstić information content (AvgIpc) is 3.27. The summed E-state index contributed by atoms with van der Waals surface area (Å²) in [7, 11) is -1.99. The lowest BCUT2D eigenvalue weighted by atomic mass is 10.1. The SMILES string of the molecule is C[C@H](O[Si](C)(C)C(C)(C)C)[C@@H](CCOc1ccc(-c2ccccc2)cc1)n1cnc(C(N)=O)c1. The van der Waals surface area contributed by atoms with Gasteiger partial charge in [-0.05, 0) is 48.3 Å². The van der Waals surface area contributed by atoms with Crippen molar-refractivity contribution in [2.24, 2.45) is 5.73 Å². The number of carbonyl (C=O) groups excluding carboxylic acids is 1. The second-order valence-corrected chi connectivity index (χ2v) is 15.0. The van der Waals surface area contributed by atoms with Gasteiger partial charge in [-0.3, -0.25) is 4.79 Å². The smallest absolute Gasteiger partial charge is 0.268 e. The average molecular weight is 480 g/mol. The minimum Gasteiger partial charge on any atom is -0.494 e. The Bertz CT molecular complexity index is 1070. The summed E-state index contributed by atoms with van der Waals surface area (Å²) in [5.74, 6) is 0.282. The molecule has 0 fully saturated rings. The van der Waals surface area contributed by atoms with Crippen LogP contribution < -0.4 is 10.5 Å². The van der Waals surface area contributed by atoms with Crippen LogP contribution in [0.4, 0.5) is 0 Å². The van der Waals surface area contributed by atoms with E-state index in [0.29, 0.717) is 13.0 Å². The first kappa shape index (κ1) is 25.7. The monoisotopic (exact) mass is 479 g/mol. The van der Waals surface area contributed by atoms with Gasteiger partial charge in [-0.2, -0.15) is 0 Å². The molecule has 2 aromatic carbocycles. The molecule has 3 aromatic rings. The van der Waals surface area contributed by atoms with Crippen LogP contribution in [0.2, 0.25) is 18.1 Å². The number of rotatable bonds is 10. The number of benzene rings is 2. The molecule has 0 saturated carbocycles. The second kappa shape index (κ2) is 10.6. The van der Waals surface area contributed by atoms with Crippen molar-refractivity contribution >= 4 is 14.2 Å². The fraction of sp³-hybridized carbons (Fsp3) is 0.407. The molecule has 1 aromatic heterocycles. The van der Waals surface area contributed by atoms with Crippen molar-refractivity contribution in [3.8, 4) is 16.9 Å². The van der Waals surface area contributed by atoms with Crippen molar-refractivity contribution in [2.75, 3.05) is 6.61 Å². The van der Waals surface area contributed by atoms with Crippen LogP contribution in [0, 0.1) is 0 Å². The third kappa shape index (κ3) is 6.36. The fourth-order valence-corrected chi connectivity index (χ4v) is 5.10. The van der Waals surface area contributed by atoms with E-state index in [4.69, 9.17) is 14.9 Å². The third-order valence-electron chi connectivity index (χ3n) is 6.71. The first-order chi connectivity index (χ1) is 16.0. The van der Waals surface area contributed by atoms with Crippen molar-refractivity contribution < 1.29 is 14.0 Å². The molecular weight excluding hydrogens is 442 g/mol. The zero-order valence-corrected chi connectivity index (χ0v) is 22.1. The van der Waals surface area contributed by atoms with Gasteiger partial charge in [0.1, 0.15) is 11.4 Å². The molecule has 0 aliphatic rings. The Morgan fingerprint density at radius 1 is 1.06 bits per heavy atom. The Balaban J connectivity index is 1.70. The normalized spacial score (nSPS) is 13.9. The molecule has 7 heteroatoms. The summed E-state index contributed by atoms with van der Waals surface area (Å²) in [5, 5.41) is 0.0934. The number of primary amides is 1. The standard InChI is InChI=1S/C27H37N3O3Si/c1-20(33-34(5,6)27(2,3)4)25(30-18-24(26(28)31)29-19-30)16-17-32-23-14-12-22(13-15-23)21-10-8-7-9-11-21/h7-15,18-20,25H,16-17H2,1-6H3,(H2,28,31)/t20-,25+/m0/s1. The highest BCUT2D eigenvalue weighted by molar-refractivity contribution is 6.74. The highest BCUT2D eigenvalue weighted by atomic mass is 28.4. The molecular formula is C27H37N3O3Si. The van der Waals surface area contributed by atoms with Gasteiger partial charge in [0.15, 0.2) is 8.32 Å². The molecule has 0 aliphatic heterocycles. The van der Waals surface area contributed by atoms with Crippen molar-refractivity contribution in [1.29, 1.82) is 0 Å². The summed E-state index contributed by atoms with van der Waals surface area (Å²) in [5.41, 5.74) is 8.01. The zero-order chi connectivity index (χ0) is 24.9. The molecule has 34 heavy (non-hydrogen) atoms. The Morgan fingerprint density at radius 2 is 1.68 bits per heavy atom. The fourth-order valence-electron chi connectivity index (χ4n) is 3.66. The molecule has 0 radical (unpaired) electrons. The quantitative estimate of drug-likeness (QED) is 0.358. The van der Waals surface area contributed by atoms with Crippen LogP contribution in [0.3, 0.4) is 0 Å². The molecule has 182 valence electrons. The van der Waals surface area contributed by atoms with E-state index in [1.807, 2.05) is 34.9 Å². The van der Waals surface area contributed by atoms with E-state index >= 15 is 0 Å². The van der Waals surface area contributed by atoms with Crippen LogP contribution in [0.15, 0.2) is 67.1 Å². The molecule has 0 spiro atoms. The lowest BCUT2D eigenvalue weighted by molar-refractivity contribution is 0.0994. The van der Waals surface area contributed by atoms with Crippen LogP contribution in [-0.4, -0.2) is 36.5 Å². The number of aromatic nitrogens is 2. The predicted octanol–water partition coefficient (Wildman–Crippen LogP) is 6.07. The highest BCUT2D eigenvalue weighted by Crippen LogP contribution is 2.39. The van der Waals surface area contributed by atoms with Gasteiger partial charge in [-0.1, -0.05) is 63.2 Å². The highest BCUT2D eigenvalue weighted by Gasteiger charge is 2.40. The topological polar surface area (TPSA) is 79.4 Å². The van der Waals surface area contributed by atoms with Crippen molar-refractivity contribution in [1.82, 2.24) is 9.55 Å². The summed E-state index contributed by atoms with van der Waals surface area (Å²) in [4.78, 5) is 15.8. The van der Waals surface area contributed by atoms with Gasteiger partial charge in [-0.25, -0.2) is 4.98 Å². The van der Waals surface area contributed by atoms with Crippen molar-refractivity contribution in [3.05, 3.63) is 72.8 Å². The molecule has 0 aliphatic carbocycles. The Morgan fingerprint density at radius 3 is 2.24 bits per heavy atom. The second-order valence-electron chi connectivity index (χ2n) is 10.2. The van der Waals surface area contributed by atoms with Crippen LogP contribution in [0.25, 0.3) is 11.1 Å². The summed E-state index contributed by atoms with van der Waals surface area (Å²) < 4.78 is 14.7. The van der Waals surface area contributed by atoms with Crippen LogP contribution in [0.1, 0.15) is 50.6 Å². The van der Waals surface area contributed by atoms with Gasteiger partial charge >= 0.3 is 0 Å². The maximum Gasteiger partial charge on any atom is 0.268 e. The molecule has 0 saturated heterocycles. The number of imidazole rings is 1. The number of nitrogens with two attached hydrogens (primary N) is 1. The first-order valence-electron chi connectivity index (χ1n) is 11.8. The number of hydrogen-bond donors (Lipinski definition) is 1. The van der Waals surface area contributed by atoms with Crippen LogP contribution in [0.5, 0.6) is 5.75 Å². The molecule has 0 unspecified atom stereocenters. The van der Waals surface area contributed by atoms with E-state index in [1.54, 1.807) is 12.5 Å². The van der Waals surface area contributed by atoms with Gasteiger partial charge in [0.05, 0.1) is 25.1 Å². The number of ether oxygens (including phenoxy) is 1. The summed E-state index contributed by atoms with van der Waals surface area (Å²) in [6.45, 7) is 13.8. The van der Waals surface area contributed by atoms with E-state index in [0.717, 1.165) is 11.3 Å². The van der Waals surface area contributed by atoms with E-state index < -0.39 is 14.2 Å². The molecule has 2 N–H and O–H groups in total. The van der Waals surface area contributed by atoms with Gasteiger partial charge in [0.2, 0.25) is 0 Å². The maximum absolute atomic E-state index is 11.6. The summed E-state index contributed by atoms with van der Waals surface area (Å²) in [6, 6.07) is 18.4. The molecule has 0 bridgehead atoms. The summed E-state index contributed by atoms with van der Waals surface area (Å²) in [6.07, 6.45) is 3.97. The van der Waals surface area contributed by atoms with Gasteiger partial charge in [0.25, 0.3) is 5.91 Å². The largest absolute Gasteiger partial charge is 0.494 e. The van der Waals surface area contributed by atoms with Gasteiger partial charge in [0, 0.05) is 12.6 Å². The Hall–Kier alpha value is -2.90. The molecule has 1 heterocycles. The predicted molar refractivity (Wildman–Crippen MR) is 140 cm³/mol. The van der Waals surface area contributed by atoms with Crippen LogP contribution in [-0.2, 0) is 4.43 Å². The van der Waals surface area contributed by atoms with E-state index in [2.05, 4.69) is 70.0 Å². The number of nitrogens with zero attached hydrogens (tertiary/aromatic N) is 2. The summed E-state index contributed by atoms with van der Waals surface area (Å²) >= 11 is 0. The number of carbonyl (C=O) groups is 1. The van der Waals surface area contributed by atoms with E-state index in [1.165, 1.54) is 5.56 Å². The minimum absolute atomic E-state index is 0.0432. The van der Waals surface area contributed by atoms with E-state index in [9.17, 15) is 4.79 Å². The van der Waals surface area contributed by atoms with Crippen molar-refractivity contribution in [3.63, 3.8) is 0 Å². The minimum atomic E-state index is -1.99. The van der Waals surface area contributed by atoms with Crippen molar-refractivity contribution in [2.45, 2.75) is 64.4 Å². The molecule has 1 amide bonds.